The van der Waals surface area contributed by atoms with Crippen molar-refractivity contribution in [3.05, 3.63) is 11.1 Å². The monoisotopic (exact) mass is 278 g/mol. The summed E-state index contributed by atoms with van der Waals surface area (Å²) in [7, 11) is -3.93. The van der Waals surface area contributed by atoms with Crippen molar-refractivity contribution in [1.82, 2.24) is 4.98 Å². The fourth-order valence-electron chi connectivity index (χ4n) is 0.941. The lowest BCUT2D eigenvalue weighted by Gasteiger charge is -2.08. The molecular weight excluding hydrogens is 264 g/mol. The van der Waals surface area contributed by atoms with Crippen LogP contribution >= 0.6 is 11.3 Å². The number of hydrogen-bond acceptors (Lipinski definition) is 5. The summed E-state index contributed by atoms with van der Waals surface area (Å²) in [5.74, 6) is -1.19. The van der Waals surface area contributed by atoms with Crippen molar-refractivity contribution in [2.45, 2.75) is 31.9 Å². The molecule has 0 bridgehead atoms. The number of aliphatic carboxylic acids is 1. The lowest BCUT2D eigenvalue weighted by Crippen LogP contribution is -2.32. The van der Waals surface area contributed by atoms with Crippen LogP contribution in [0.2, 0.25) is 0 Å². The highest BCUT2D eigenvalue weighted by Gasteiger charge is 2.28. The van der Waals surface area contributed by atoms with Crippen LogP contribution in [-0.4, -0.2) is 29.7 Å². The van der Waals surface area contributed by atoms with E-state index in [-0.39, 0.29) is 11.0 Å². The number of nitrogens with zero attached hydrogens (tertiary/aromatic N) is 1. The molecule has 0 radical (unpaired) electrons. The number of carboxylic acids is 1. The molecule has 0 aromatic carbocycles. The molecule has 96 valence electrons. The fourth-order valence-corrected chi connectivity index (χ4v) is 2.93. The van der Waals surface area contributed by atoms with E-state index in [9.17, 15) is 13.2 Å². The minimum atomic E-state index is -3.93. The summed E-state index contributed by atoms with van der Waals surface area (Å²) in [6.45, 7) is 4.99. The Morgan fingerprint density at radius 2 is 2.06 bits per heavy atom. The molecule has 0 saturated heterocycles. The second kappa shape index (κ2) is 5.01. The van der Waals surface area contributed by atoms with Crippen LogP contribution in [0.5, 0.6) is 0 Å². The van der Waals surface area contributed by atoms with Crippen LogP contribution < -0.4 is 4.72 Å². The molecule has 1 unspecified atom stereocenters. The van der Waals surface area contributed by atoms with Gasteiger partial charge in [0, 0.05) is 5.38 Å². The Morgan fingerprint density at radius 1 is 1.47 bits per heavy atom. The molecule has 0 saturated carbocycles. The molecule has 1 atom stereocenters. The third-order valence-corrected chi connectivity index (χ3v) is 4.67. The van der Waals surface area contributed by atoms with Crippen LogP contribution in [-0.2, 0) is 14.8 Å². The third kappa shape index (κ3) is 3.40. The summed E-state index contributed by atoms with van der Waals surface area (Å²) < 4.78 is 25.4. The average Bonchev–Trinajstić information content (AvgIpc) is 2.64. The van der Waals surface area contributed by atoms with Crippen molar-refractivity contribution in [2.24, 2.45) is 0 Å². The number of sulfonamides is 1. The zero-order valence-corrected chi connectivity index (χ0v) is 11.3. The Hall–Kier alpha value is -1.15. The van der Waals surface area contributed by atoms with Crippen LogP contribution in [0.1, 0.15) is 32.4 Å². The molecule has 1 rings (SSSR count). The van der Waals surface area contributed by atoms with Gasteiger partial charge in [0.05, 0.1) is 5.69 Å². The van der Waals surface area contributed by atoms with E-state index in [1.807, 2.05) is 13.8 Å². The van der Waals surface area contributed by atoms with E-state index in [0.717, 1.165) is 24.0 Å². The number of carboxylic acid groups (broad SMARTS) is 1. The zero-order valence-electron chi connectivity index (χ0n) is 9.67. The van der Waals surface area contributed by atoms with Gasteiger partial charge in [0.15, 0.2) is 10.4 Å². The average molecular weight is 278 g/mol. The van der Waals surface area contributed by atoms with Crippen molar-refractivity contribution < 1.29 is 18.3 Å². The fraction of sp³-hybridized carbons (Fsp3) is 0.556. The second-order valence-electron chi connectivity index (χ2n) is 3.86. The van der Waals surface area contributed by atoms with E-state index in [1.165, 1.54) is 0 Å². The van der Waals surface area contributed by atoms with E-state index < -0.39 is 21.2 Å². The predicted molar refractivity (Wildman–Crippen MR) is 65.8 cm³/mol. The summed E-state index contributed by atoms with van der Waals surface area (Å²) in [5.41, 5.74) is 0.774. The van der Waals surface area contributed by atoms with E-state index in [1.54, 1.807) is 5.38 Å². The van der Waals surface area contributed by atoms with Crippen LogP contribution in [0, 0.1) is 0 Å². The van der Waals surface area contributed by atoms with Crippen molar-refractivity contribution >= 4 is 32.5 Å². The first kappa shape index (κ1) is 13.9. The van der Waals surface area contributed by atoms with Crippen molar-refractivity contribution in [2.75, 3.05) is 4.72 Å². The number of anilines is 1. The molecule has 0 aliphatic carbocycles. The number of nitrogens with one attached hydrogen (secondary N) is 1. The quantitative estimate of drug-likeness (QED) is 0.850. The first-order valence-electron chi connectivity index (χ1n) is 4.94. The lowest BCUT2D eigenvalue weighted by atomic mass is 10.2. The molecule has 17 heavy (non-hydrogen) atoms. The predicted octanol–water partition coefficient (Wildman–Crippen LogP) is 1.48. The summed E-state index contributed by atoms with van der Waals surface area (Å²) in [6.07, 6.45) is 0. The smallest absolute Gasteiger partial charge is 0.323 e. The minimum absolute atomic E-state index is 0.196. The maximum absolute atomic E-state index is 11.6. The first-order valence-corrected chi connectivity index (χ1v) is 7.36. The number of rotatable bonds is 5. The zero-order chi connectivity index (χ0) is 13.2. The summed E-state index contributed by atoms with van der Waals surface area (Å²) in [4.78, 5) is 14.7. The molecule has 6 nitrogen and oxygen atoms in total. The van der Waals surface area contributed by atoms with E-state index in [0.29, 0.717) is 0 Å². The first-order chi connectivity index (χ1) is 7.74. The normalized spacial score (nSPS) is 13.6. The maximum Gasteiger partial charge on any atom is 0.323 e. The van der Waals surface area contributed by atoms with Gasteiger partial charge in [-0.2, -0.15) is 0 Å². The van der Waals surface area contributed by atoms with Gasteiger partial charge in [0.25, 0.3) is 0 Å². The standard InChI is InChI=1S/C9H14N2O4S2/c1-5(2)7-4-16-9(10-7)11-17(14,15)6(3)8(12)13/h4-6H,1-3H3,(H,10,11)(H,12,13). The Kier molecular flexibility index (Phi) is 4.10. The molecule has 1 aromatic heterocycles. The van der Waals surface area contributed by atoms with Gasteiger partial charge in [-0.15, -0.1) is 11.3 Å². The molecule has 0 aliphatic rings. The summed E-state index contributed by atoms with van der Waals surface area (Å²) >= 11 is 1.14. The van der Waals surface area contributed by atoms with Crippen molar-refractivity contribution in [3.8, 4) is 0 Å². The molecule has 1 aromatic rings. The third-order valence-electron chi connectivity index (χ3n) is 2.16. The van der Waals surface area contributed by atoms with Gasteiger partial charge >= 0.3 is 5.97 Å². The highest BCUT2D eigenvalue weighted by molar-refractivity contribution is 7.94. The van der Waals surface area contributed by atoms with Gasteiger partial charge in [0.2, 0.25) is 10.0 Å². The minimum Gasteiger partial charge on any atom is -0.480 e. The van der Waals surface area contributed by atoms with Gasteiger partial charge in [-0.1, -0.05) is 13.8 Å². The molecule has 0 amide bonds. The Balaban J connectivity index is 2.87. The topological polar surface area (TPSA) is 96.4 Å². The lowest BCUT2D eigenvalue weighted by molar-refractivity contribution is -0.136. The van der Waals surface area contributed by atoms with E-state index >= 15 is 0 Å². The summed E-state index contributed by atoms with van der Waals surface area (Å²) in [6, 6.07) is 0. The molecule has 0 spiro atoms. The molecule has 0 aliphatic heterocycles. The van der Waals surface area contributed by atoms with Crippen LogP contribution in [0.4, 0.5) is 5.13 Å². The highest BCUT2D eigenvalue weighted by Crippen LogP contribution is 2.22. The van der Waals surface area contributed by atoms with Crippen molar-refractivity contribution in [1.29, 1.82) is 0 Å². The number of carbonyl (C=O) groups is 1. The van der Waals surface area contributed by atoms with Gasteiger partial charge < -0.3 is 5.11 Å². The Labute approximate surface area is 104 Å². The highest BCUT2D eigenvalue weighted by atomic mass is 32.2. The number of hydrogen-bond donors (Lipinski definition) is 2. The van der Waals surface area contributed by atoms with Gasteiger partial charge in [-0.05, 0) is 12.8 Å². The second-order valence-corrected chi connectivity index (χ2v) is 6.72. The SMILES string of the molecule is CC(C)c1csc(NS(=O)(=O)C(C)C(=O)O)n1. The largest absolute Gasteiger partial charge is 0.480 e. The van der Waals surface area contributed by atoms with E-state index in [2.05, 4.69) is 9.71 Å². The molecule has 8 heteroatoms. The number of thiazole rings is 1. The molecular formula is C9H14N2O4S2. The molecule has 1 heterocycles. The van der Waals surface area contributed by atoms with E-state index in [4.69, 9.17) is 5.11 Å². The Bertz CT molecular complexity index is 507. The molecule has 0 fully saturated rings. The number of aromatic nitrogens is 1. The Morgan fingerprint density at radius 3 is 2.47 bits per heavy atom. The molecule has 2 N–H and O–H groups in total. The van der Waals surface area contributed by atoms with Crippen molar-refractivity contribution in [3.63, 3.8) is 0 Å². The summed E-state index contributed by atoms with van der Waals surface area (Å²) in [5, 5.41) is 9.09. The van der Waals surface area contributed by atoms with Gasteiger partial charge in [0.1, 0.15) is 0 Å². The van der Waals surface area contributed by atoms with Gasteiger partial charge in [-0.3, -0.25) is 9.52 Å². The van der Waals surface area contributed by atoms with Crippen LogP contribution in [0.3, 0.4) is 0 Å². The maximum atomic E-state index is 11.6. The van der Waals surface area contributed by atoms with Gasteiger partial charge in [-0.25, -0.2) is 13.4 Å². The van der Waals surface area contributed by atoms with Crippen LogP contribution in [0.15, 0.2) is 5.38 Å². The van der Waals surface area contributed by atoms with Crippen LogP contribution in [0.25, 0.3) is 0 Å².